The Kier molecular flexibility index (Phi) is 5.72. The Labute approximate surface area is 211 Å². The van der Waals surface area contributed by atoms with Crippen molar-refractivity contribution in [3.8, 4) is 11.1 Å². The molecule has 0 unspecified atom stereocenters. The maximum absolute atomic E-state index is 12.7. The summed E-state index contributed by atoms with van der Waals surface area (Å²) in [6.07, 6.45) is 5.15. The quantitative estimate of drug-likeness (QED) is 0.272. The smallest absolute Gasteiger partial charge is 0.252 e. The lowest BCUT2D eigenvalue weighted by atomic mass is 9.87. The minimum Gasteiger partial charge on any atom is -0.336 e. The first-order chi connectivity index (χ1) is 16.3. The van der Waals surface area contributed by atoms with Crippen LogP contribution in [0.3, 0.4) is 0 Å². The monoisotopic (exact) mass is 508 g/mol. The Morgan fingerprint density at radius 1 is 0.882 bits per heavy atom. The molecule has 5 rings (SSSR count). The Morgan fingerprint density at radius 3 is 2.32 bits per heavy atom. The summed E-state index contributed by atoms with van der Waals surface area (Å²) >= 11 is 19.9. The summed E-state index contributed by atoms with van der Waals surface area (Å²) < 4.78 is 3.40. The number of alkyl halides is 1. The van der Waals surface area contributed by atoms with E-state index in [4.69, 9.17) is 34.8 Å². The molecule has 34 heavy (non-hydrogen) atoms. The highest BCUT2D eigenvalue weighted by Crippen LogP contribution is 2.44. The van der Waals surface area contributed by atoms with E-state index in [2.05, 4.69) is 9.97 Å². The highest BCUT2D eigenvalue weighted by atomic mass is 35.5. The second kappa shape index (κ2) is 8.58. The molecule has 0 aliphatic heterocycles. The standard InChI is InChI=1S/C26H19Cl3N4O/c1-32-15-30-14-23(32)26(29,17-6-8-19(27)9-7-17)18-11-22-21(16-4-3-5-20(28)10-16)12-24(34)33(2)25(22)31-13-18/h3-15H,1-2H3/t26-/m1/s1. The first-order valence-corrected chi connectivity index (χ1v) is 11.6. The largest absolute Gasteiger partial charge is 0.336 e. The molecular weight excluding hydrogens is 491 g/mol. The van der Waals surface area contributed by atoms with Gasteiger partial charge in [0.1, 0.15) is 10.5 Å². The summed E-state index contributed by atoms with van der Waals surface area (Å²) in [6, 6.07) is 18.4. The number of rotatable bonds is 4. The fraction of sp³-hybridized carbons (Fsp3) is 0.115. The van der Waals surface area contributed by atoms with Gasteiger partial charge < -0.3 is 4.57 Å². The topological polar surface area (TPSA) is 52.7 Å². The summed E-state index contributed by atoms with van der Waals surface area (Å²) in [5, 5.41) is 1.98. The maximum atomic E-state index is 12.7. The molecule has 1 atom stereocenters. The van der Waals surface area contributed by atoms with Crippen molar-refractivity contribution in [2.45, 2.75) is 4.87 Å². The SMILES string of the molecule is Cn1cncc1[C@@](Cl)(c1ccc(Cl)cc1)c1cnc2c(c1)c(-c1cccc(Cl)c1)cc(=O)n2C. The number of pyridine rings is 2. The minimum absolute atomic E-state index is 0.163. The Hall–Kier alpha value is -3.12. The third kappa shape index (κ3) is 3.70. The fourth-order valence-electron chi connectivity index (χ4n) is 4.24. The van der Waals surface area contributed by atoms with Crippen molar-refractivity contribution in [1.29, 1.82) is 0 Å². The Morgan fingerprint density at radius 2 is 1.65 bits per heavy atom. The molecule has 0 aliphatic rings. The van der Waals surface area contributed by atoms with Crippen LogP contribution in [-0.4, -0.2) is 19.1 Å². The number of halogens is 3. The van der Waals surface area contributed by atoms with Crippen LogP contribution in [0.15, 0.2) is 84.2 Å². The number of benzene rings is 2. The molecule has 5 aromatic rings. The van der Waals surface area contributed by atoms with Crippen molar-refractivity contribution in [3.63, 3.8) is 0 Å². The number of fused-ring (bicyclic) bond motifs is 1. The normalized spacial score (nSPS) is 13.2. The number of imidazole rings is 1. The van der Waals surface area contributed by atoms with Crippen LogP contribution in [0.2, 0.25) is 10.0 Å². The zero-order valence-electron chi connectivity index (χ0n) is 18.3. The van der Waals surface area contributed by atoms with E-state index in [1.54, 1.807) is 50.0 Å². The Balaban J connectivity index is 1.84. The van der Waals surface area contributed by atoms with Gasteiger partial charge in [0.2, 0.25) is 0 Å². The van der Waals surface area contributed by atoms with Gasteiger partial charge in [-0.25, -0.2) is 9.97 Å². The van der Waals surface area contributed by atoms with Gasteiger partial charge in [0.25, 0.3) is 5.56 Å². The van der Waals surface area contributed by atoms with E-state index in [1.165, 1.54) is 4.57 Å². The summed E-state index contributed by atoms with van der Waals surface area (Å²) in [5.41, 5.74) is 4.26. The highest BCUT2D eigenvalue weighted by molar-refractivity contribution is 6.31. The van der Waals surface area contributed by atoms with Crippen molar-refractivity contribution in [1.82, 2.24) is 19.1 Å². The van der Waals surface area contributed by atoms with E-state index in [0.29, 0.717) is 15.7 Å². The van der Waals surface area contributed by atoms with Crippen molar-refractivity contribution < 1.29 is 0 Å². The summed E-state index contributed by atoms with van der Waals surface area (Å²) in [6.45, 7) is 0. The van der Waals surface area contributed by atoms with E-state index >= 15 is 0 Å². The van der Waals surface area contributed by atoms with Gasteiger partial charge in [-0.2, -0.15) is 0 Å². The number of nitrogens with zero attached hydrogens (tertiary/aromatic N) is 4. The van der Waals surface area contributed by atoms with Crippen LogP contribution in [0.1, 0.15) is 16.8 Å². The molecule has 0 amide bonds. The van der Waals surface area contributed by atoms with E-state index in [1.807, 2.05) is 48.0 Å². The molecular formula is C26H19Cl3N4O. The van der Waals surface area contributed by atoms with Crippen LogP contribution in [0.25, 0.3) is 22.2 Å². The molecule has 3 heterocycles. The van der Waals surface area contributed by atoms with Gasteiger partial charge >= 0.3 is 0 Å². The van der Waals surface area contributed by atoms with Gasteiger partial charge in [-0.3, -0.25) is 9.36 Å². The van der Waals surface area contributed by atoms with Crippen LogP contribution in [-0.2, 0) is 19.0 Å². The maximum Gasteiger partial charge on any atom is 0.252 e. The lowest BCUT2D eigenvalue weighted by molar-refractivity contribution is 0.743. The van der Waals surface area contributed by atoms with E-state index in [9.17, 15) is 4.79 Å². The Bertz CT molecular complexity index is 1590. The van der Waals surface area contributed by atoms with Crippen molar-refractivity contribution >= 4 is 45.8 Å². The molecule has 8 heteroatoms. The zero-order chi connectivity index (χ0) is 24.0. The molecule has 3 aromatic heterocycles. The molecule has 0 radical (unpaired) electrons. The van der Waals surface area contributed by atoms with Crippen molar-refractivity contribution in [3.05, 3.63) is 117 Å². The number of aromatic nitrogens is 4. The van der Waals surface area contributed by atoms with Crippen molar-refractivity contribution in [2.24, 2.45) is 14.1 Å². The zero-order valence-corrected chi connectivity index (χ0v) is 20.6. The highest BCUT2D eigenvalue weighted by Gasteiger charge is 2.37. The predicted octanol–water partition coefficient (Wildman–Crippen LogP) is 6.17. The first-order valence-electron chi connectivity index (χ1n) is 10.5. The summed E-state index contributed by atoms with van der Waals surface area (Å²) in [5.74, 6) is 0. The summed E-state index contributed by atoms with van der Waals surface area (Å²) in [7, 11) is 3.60. The molecule has 0 spiro atoms. The van der Waals surface area contributed by atoms with Gasteiger partial charge in [0.15, 0.2) is 0 Å². The average molecular weight is 510 g/mol. The van der Waals surface area contributed by atoms with Crippen LogP contribution in [0, 0.1) is 0 Å². The van der Waals surface area contributed by atoms with Gasteiger partial charge in [0, 0.05) is 47.4 Å². The average Bonchev–Trinajstić information content (AvgIpc) is 3.27. The van der Waals surface area contributed by atoms with Crippen LogP contribution >= 0.6 is 34.8 Å². The molecule has 0 aliphatic carbocycles. The van der Waals surface area contributed by atoms with Gasteiger partial charge in [0.05, 0.1) is 18.2 Å². The van der Waals surface area contributed by atoms with E-state index < -0.39 is 4.87 Å². The van der Waals surface area contributed by atoms with Gasteiger partial charge in [-0.1, -0.05) is 47.5 Å². The molecule has 170 valence electrons. The van der Waals surface area contributed by atoms with Crippen molar-refractivity contribution in [2.75, 3.05) is 0 Å². The lowest BCUT2D eigenvalue weighted by Gasteiger charge is -2.29. The first kappa shape index (κ1) is 22.7. The van der Waals surface area contributed by atoms with Crippen LogP contribution in [0.5, 0.6) is 0 Å². The van der Waals surface area contributed by atoms with E-state index in [-0.39, 0.29) is 5.56 Å². The number of hydrogen-bond donors (Lipinski definition) is 0. The minimum atomic E-state index is -1.10. The molecule has 0 N–H and O–H groups in total. The lowest BCUT2D eigenvalue weighted by Crippen LogP contribution is -2.26. The molecule has 0 bridgehead atoms. The summed E-state index contributed by atoms with van der Waals surface area (Å²) in [4.78, 5) is 20.6. The van der Waals surface area contributed by atoms with Crippen LogP contribution < -0.4 is 5.56 Å². The van der Waals surface area contributed by atoms with Gasteiger partial charge in [-0.05, 0) is 47.0 Å². The van der Waals surface area contributed by atoms with E-state index in [0.717, 1.165) is 33.3 Å². The third-order valence-electron chi connectivity index (χ3n) is 6.02. The van der Waals surface area contributed by atoms with Crippen LogP contribution in [0.4, 0.5) is 0 Å². The number of hydrogen-bond acceptors (Lipinski definition) is 3. The second-order valence-corrected chi connectivity index (χ2v) is 9.56. The fourth-order valence-corrected chi connectivity index (χ4v) is 4.97. The molecule has 0 saturated carbocycles. The number of aryl methyl sites for hydroxylation is 2. The molecule has 0 fully saturated rings. The third-order valence-corrected chi connectivity index (χ3v) is 7.14. The van der Waals surface area contributed by atoms with Gasteiger partial charge in [-0.15, -0.1) is 11.6 Å². The molecule has 2 aromatic carbocycles. The molecule has 0 saturated heterocycles. The second-order valence-electron chi connectivity index (χ2n) is 8.12. The molecule has 5 nitrogen and oxygen atoms in total. The predicted molar refractivity (Wildman–Crippen MR) is 138 cm³/mol.